The Kier molecular flexibility index (Phi) is 5.89. The van der Waals surface area contributed by atoms with Gasteiger partial charge in [-0.3, -0.25) is 0 Å². The van der Waals surface area contributed by atoms with Gasteiger partial charge >= 0.3 is 0 Å². The second-order valence-corrected chi connectivity index (χ2v) is 6.62. The fourth-order valence-corrected chi connectivity index (χ4v) is 4.16. The summed E-state index contributed by atoms with van der Waals surface area (Å²) >= 11 is 0. The highest BCUT2D eigenvalue weighted by atomic mass is 16.1. The van der Waals surface area contributed by atoms with E-state index in [-0.39, 0.29) is 0 Å². The van der Waals surface area contributed by atoms with Crippen LogP contribution in [0.5, 0.6) is 0 Å². The van der Waals surface area contributed by atoms with Crippen LogP contribution in [0.25, 0.3) is 0 Å². The molecule has 2 nitrogen and oxygen atoms in total. The van der Waals surface area contributed by atoms with E-state index in [9.17, 15) is 4.79 Å². The zero-order valence-corrected chi connectivity index (χ0v) is 12.0. The van der Waals surface area contributed by atoms with Gasteiger partial charge in [0.15, 0.2) is 0 Å². The predicted molar refractivity (Wildman–Crippen MR) is 76.4 cm³/mol. The van der Waals surface area contributed by atoms with Crippen LogP contribution in [-0.4, -0.2) is 6.29 Å². The molecule has 0 amide bonds. The lowest BCUT2D eigenvalue weighted by Gasteiger charge is -2.36. The van der Waals surface area contributed by atoms with E-state index < -0.39 is 0 Å². The van der Waals surface area contributed by atoms with Crippen molar-refractivity contribution >= 4 is 6.29 Å². The molecule has 0 atom stereocenters. The molecule has 2 aliphatic rings. The van der Waals surface area contributed by atoms with Crippen molar-refractivity contribution in [1.82, 2.24) is 0 Å². The molecule has 0 radical (unpaired) electrons. The molecule has 0 aliphatic heterocycles. The van der Waals surface area contributed by atoms with Gasteiger partial charge < -0.3 is 4.79 Å². The molecule has 19 heavy (non-hydrogen) atoms. The van der Waals surface area contributed by atoms with Crippen LogP contribution in [0.3, 0.4) is 0 Å². The number of hydrogen-bond acceptors (Lipinski definition) is 2. The number of unbranched alkanes of at least 4 members (excludes halogenated alkanes) is 1. The van der Waals surface area contributed by atoms with Crippen LogP contribution in [0.2, 0.25) is 0 Å². The summed E-state index contributed by atoms with van der Waals surface area (Å²) in [7, 11) is 0. The molecule has 0 saturated heterocycles. The van der Waals surface area contributed by atoms with E-state index in [1.165, 1.54) is 44.9 Å². The van der Waals surface area contributed by atoms with Crippen molar-refractivity contribution in [2.45, 2.75) is 70.6 Å². The third-order valence-electron chi connectivity index (χ3n) is 5.45. The minimum Gasteiger partial charge on any atom is -0.303 e. The second-order valence-electron chi connectivity index (χ2n) is 6.62. The Labute approximate surface area is 117 Å². The molecule has 0 unspecified atom stereocenters. The SMILES string of the molecule is N#CC1CCC(C2CCC(CCCC=O)CC2)CC1. The van der Waals surface area contributed by atoms with Gasteiger partial charge in [0.25, 0.3) is 0 Å². The van der Waals surface area contributed by atoms with Crippen LogP contribution in [0.4, 0.5) is 0 Å². The Bertz CT molecular complexity index is 304. The third-order valence-corrected chi connectivity index (χ3v) is 5.45. The molecule has 2 heteroatoms. The summed E-state index contributed by atoms with van der Waals surface area (Å²) in [5, 5.41) is 8.95. The molecule has 106 valence electrons. The number of rotatable bonds is 5. The normalized spacial score (nSPS) is 35.5. The van der Waals surface area contributed by atoms with Gasteiger partial charge in [-0.25, -0.2) is 0 Å². The Morgan fingerprint density at radius 1 is 0.947 bits per heavy atom. The first kappa shape index (κ1) is 14.6. The van der Waals surface area contributed by atoms with E-state index in [2.05, 4.69) is 6.07 Å². The zero-order chi connectivity index (χ0) is 13.5. The number of carbonyl (C=O) groups is 1. The van der Waals surface area contributed by atoms with Gasteiger partial charge in [0.2, 0.25) is 0 Å². The Hall–Kier alpha value is -0.840. The van der Waals surface area contributed by atoms with Crippen LogP contribution >= 0.6 is 0 Å². The molecule has 0 spiro atoms. The van der Waals surface area contributed by atoms with Crippen LogP contribution in [0.1, 0.15) is 70.6 Å². The number of hydrogen-bond donors (Lipinski definition) is 0. The summed E-state index contributed by atoms with van der Waals surface area (Å²) in [6.45, 7) is 0. The first-order valence-electron chi connectivity index (χ1n) is 8.16. The van der Waals surface area contributed by atoms with Crippen LogP contribution in [-0.2, 0) is 4.79 Å². The van der Waals surface area contributed by atoms with E-state index in [1.807, 2.05) is 0 Å². The molecular weight excluding hydrogens is 234 g/mol. The topological polar surface area (TPSA) is 40.9 Å². The lowest BCUT2D eigenvalue weighted by molar-refractivity contribution is -0.108. The van der Waals surface area contributed by atoms with Crippen LogP contribution in [0.15, 0.2) is 0 Å². The number of carbonyl (C=O) groups excluding carboxylic acids is 1. The van der Waals surface area contributed by atoms with Gasteiger partial charge in [-0.2, -0.15) is 5.26 Å². The van der Waals surface area contributed by atoms with Crippen molar-refractivity contribution in [2.75, 3.05) is 0 Å². The quantitative estimate of drug-likeness (QED) is 0.540. The lowest BCUT2D eigenvalue weighted by atomic mass is 9.69. The van der Waals surface area contributed by atoms with Crippen molar-refractivity contribution in [3.8, 4) is 6.07 Å². The molecule has 0 bridgehead atoms. The maximum absolute atomic E-state index is 10.3. The van der Waals surface area contributed by atoms with Crippen molar-refractivity contribution in [1.29, 1.82) is 5.26 Å². The monoisotopic (exact) mass is 261 g/mol. The minimum atomic E-state index is 0.343. The number of aldehydes is 1. The number of nitriles is 1. The molecule has 2 saturated carbocycles. The van der Waals surface area contributed by atoms with Crippen molar-refractivity contribution in [3.63, 3.8) is 0 Å². The highest BCUT2D eigenvalue weighted by Crippen LogP contribution is 2.42. The fourth-order valence-electron chi connectivity index (χ4n) is 4.16. The van der Waals surface area contributed by atoms with Gasteiger partial charge in [0.1, 0.15) is 6.29 Å². The lowest BCUT2D eigenvalue weighted by Crippen LogP contribution is -2.25. The average molecular weight is 261 g/mol. The summed E-state index contributed by atoms with van der Waals surface area (Å²) < 4.78 is 0. The maximum Gasteiger partial charge on any atom is 0.119 e. The molecule has 0 heterocycles. The van der Waals surface area contributed by atoms with Crippen molar-refractivity contribution in [3.05, 3.63) is 0 Å². The molecule has 0 aromatic heterocycles. The summed E-state index contributed by atoms with van der Waals surface area (Å²) in [6, 6.07) is 2.43. The van der Waals surface area contributed by atoms with Gasteiger partial charge in [-0.1, -0.05) is 19.3 Å². The van der Waals surface area contributed by atoms with E-state index in [0.29, 0.717) is 5.92 Å². The summed E-state index contributed by atoms with van der Waals surface area (Å²) in [5.41, 5.74) is 0. The van der Waals surface area contributed by atoms with E-state index in [4.69, 9.17) is 5.26 Å². The second kappa shape index (κ2) is 7.68. The smallest absolute Gasteiger partial charge is 0.119 e. The van der Waals surface area contributed by atoms with Crippen LogP contribution in [0, 0.1) is 35.0 Å². The van der Waals surface area contributed by atoms with E-state index in [0.717, 1.165) is 49.7 Å². The summed E-state index contributed by atoms with van der Waals surface area (Å²) in [5.74, 6) is 3.06. The largest absolute Gasteiger partial charge is 0.303 e. The third kappa shape index (κ3) is 4.34. The maximum atomic E-state index is 10.3. The Morgan fingerprint density at radius 2 is 1.53 bits per heavy atom. The van der Waals surface area contributed by atoms with Crippen molar-refractivity contribution < 1.29 is 4.79 Å². The predicted octanol–water partition coefficient (Wildman–Crippen LogP) is 4.49. The Morgan fingerprint density at radius 3 is 2.05 bits per heavy atom. The summed E-state index contributed by atoms with van der Waals surface area (Å²) in [4.78, 5) is 10.3. The first-order chi connectivity index (χ1) is 9.33. The minimum absolute atomic E-state index is 0.343. The summed E-state index contributed by atoms with van der Waals surface area (Å²) in [6.07, 6.45) is 14.6. The van der Waals surface area contributed by atoms with E-state index in [1.54, 1.807) is 0 Å². The molecule has 0 aromatic rings. The number of nitrogens with zero attached hydrogens (tertiary/aromatic N) is 1. The van der Waals surface area contributed by atoms with Gasteiger partial charge in [0.05, 0.1) is 6.07 Å². The first-order valence-corrected chi connectivity index (χ1v) is 8.16. The zero-order valence-electron chi connectivity index (χ0n) is 12.0. The Balaban J connectivity index is 1.66. The van der Waals surface area contributed by atoms with Gasteiger partial charge in [0, 0.05) is 12.3 Å². The molecule has 2 fully saturated rings. The molecule has 0 aromatic carbocycles. The highest BCUT2D eigenvalue weighted by Gasteiger charge is 2.30. The molecule has 2 aliphatic carbocycles. The van der Waals surface area contributed by atoms with Gasteiger partial charge in [-0.05, 0) is 62.7 Å². The average Bonchev–Trinajstić information content (AvgIpc) is 2.48. The molecular formula is C17H27NO. The van der Waals surface area contributed by atoms with Gasteiger partial charge in [-0.15, -0.1) is 0 Å². The molecule has 0 N–H and O–H groups in total. The standard InChI is InChI=1S/C17H27NO/c18-13-15-6-10-17(11-7-15)16-8-4-14(5-9-16)3-1-2-12-19/h12,14-17H,1-11H2. The van der Waals surface area contributed by atoms with Crippen LogP contribution < -0.4 is 0 Å². The van der Waals surface area contributed by atoms with E-state index >= 15 is 0 Å². The fraction of sp³-hybridized carbons (Fsp3) is 0.882. The van der Waals surface area contributed by atoms with Crippen molar-refractivity contribution in [2.24, 2.45) is 23.7 Å². The highest BCUT2D eigenvalue weighted by molar-refractivity contribution is 5.48. The molecule has 2 rings (SSSR count).